The van der Waals surface area contributed by atoms with Gasteiger partial charge in [0.1, 0.15) is 5.52 Å². The second-order valence-corrected chi connectivity index (χ2v) is 9.18. The molecule has 1 aromatic carbocycles. The summed E-state index contributed by atoms with van der Waals surface area (Å²) in [4.78, 5) is 22.6. The van der Waals surface area contributed by atoms with Gasteiger partial charge in [0, 0.05) is 31.7 Å². The minimum absolute atomic E-state index is 0.0834. The van der Waals surface area contributed by atoms with E-state index in [1.807, 2.05) is 12.1 Å². The normalized spacial score (nSPS) is 15.9. The van der Waals surface area contributed by atoms with Gasteiger partial charge in [-0.05, 0) is 18.0 Å². The number of aromatic nitrogens is 4. The quantitative estimate of drug-likeness (QED) is 0.559. The van der Waals surface area contributed by atoms with Crippen molar-refractivity contribution in [3.63, 3.8) is 0 Å². The van der Waals surface area contributed by atoms with Gasteiger partial charge in [-0.25, -0.2) is 19.9 Å². The molecule has 1 fully saturated rings. The molecule has 0 atom stereocenters. The summed E-state index contributed by atoms with van der Waals surface area (Å²) in [5, 5.41) is 0.582. The van der Waals surface area contributed by atoms with E-state index >= 15 is 0 Å². The van der Waals surface area contributed by atoms with Crippen molar-refractivity contribution in [1.82, 2.24) is 24.8 Å². The van der Waals surface area contributed by atoms with Crippen molar-refractivity contribution in [2.75, 3.05) is 38.1 Å². The largest absolute Gasteiger partial charge is 0.351 e. The van der Waals surface area contributed by atoms with Crippen LogP contribution in [-0.4, -0.2) is 58.1 Å². The third kappa shape index (κ3) is 4.15. The van der Waals surface area contributed by atoms with Crippen LogP contribution in [0, 0.1) is 0 Å². The molecule has 1 aliphatic rings. The number of benzene rings is 1. The van der Waals surface area contributed by atoms with Gasteiger partial charge in [0.15, 0.2) is 27.6 Å². The summed E-state index contributed by atoms with van der Waals surface area (Å²) in [5.41, 5.74) is 3.10. The maximum Gasteiger partial charge on any atom is 0.185 e. The Balaban J connectivity index is 1.74. The average molecular weight is 431 g/mol. The smallest absolute Gasteiger partial charge is 0.185 e. The van der Waals surface area contributed by atoms with Crippen LogP contribution < -0.4 is 4.90 Å². The predicted molar refractivity (Wildman–Crippen MR) is 119 cm³/mol. The van der Waals surface area contributed by atoms with Gasteiger partial charge in [0.05, 0.1) is 0 Å². The van der Waals surface area contributed by atoms with E-state index in [9.17, 15) is 0 Å². The molecule has 0 amide bonds. The fourth-order valence-electron chi connectivity index (χ4n) is 3.35. The molecule has 0 spiro atoms. The molecule has 8 heteroatoms. The maximum atomic E-state index is 6.42. The van der Waals surface area contributed by atoms with Crippen LogP contribution >= 0.6 is 23.2 Å². The van der Waals surface area contributed by atoms with Crippen LogP contribution in [0.15, 0.2) is 24.3 Å². The summed E-state index contributed by atoms with van der Waals surface area (Å²) >= 11 is 12.8. The Morgan fingerprint density at radius 3 is 2.10 bits per heavy atom. The van der Waals surface area contributed by atoms with Gasteiger partial charge in [-0.2, -0.15) is 0 Å². The number of piperazine rings is 1. The molecule has 0 aliphatic carbocycles. The van der Waals surface area contributed by atoms with Gasteiger partial charge >= 0.3 is 0 Å². The summed E-state index contributed by atoms with van der Waals surface area (Å²) in [5.74, 6) is 1.18. The van der Waals surface area contributed by atoms with Crippen molar-refractivity contribution in [2.45, 2.75) is 26.2 Å². The number of likely N-dealkylation sites (N-methyl/N-ethyl adjacent to an activating group) is 1. The van der Waals surface area contributed by atoms with Crippen LogP contribution in [0.2, 0.25) is 10.3 Å². The first-order valence-corrected chi connectivity index (χ1v) is 10.4. The molecule has 3 aromatic rings. The molecule has 4 rings (SSSR count). The van der Waals surface area contributed by atoms with E-state index < -0.39 is 0 Å². The van der Waals surface area contributed by atoms with Gasteiger partial charge in [-0.3, -0.25) is 0 Å². The minimum atomic E-state index is 0.0834. The molecule has 2 aromatic heterocycles. The van der Waals surface area contributed by atoms with Gasteiger partial charge in [-0.15, -0.1) is 0 Å². The zero-order valence-electron chi connectivity index (χ0n) is 17.1. The van der Waals surface area contributed by atoms with Crippen molar-refractivity contribution in [1.29, 1.82) is 0 Å². The standard InChI is InChI=1S/C21H24Cl2N6/c1-21(2,3)14-7-5-13(6-8-14)18-25-16(22)15-19(26-18)27-20(17(23)24-15)29-11-9-28(4)10-12-29/h5-8H,9-12H2,1-4H3. The number of rotatable bonds is 2. The highest BCUT2D eigenvalue weighted by Crippen LogP contribution is 2.30. The summed E-state index contributed by atoms with van der Waals surface area (Å²) in [6.45, 7) is 10.1. The lowest BCUT2D eigenvalue weighted by molar-refractivity contribution is 0.312. The molecule has 0 unspecified atom stereocenters. The SMILES string of the molecule is CN1CCN(c2nc3nc(-c4ccc(C(C)(C)C)cc4)nc(Cl)c3nc2Cl)CC1. The zero-order valence-corrected chi connectivity index (χ0v) is 18.6. The Hall–Kier alpha value is -2.02. The van der Waals surface area contributed by atoms with Gasteiger partial charge < -0.3 is 9.80 Å². The number of fused-ring (bicyclic) bond motifs is 1. The Labute approximate surface area is 180 Å². The fraction of sp³-hybridized carbons (Fsp3) is 0.429. The predicted octanol–water partition coefficient (Wildman–Crippen LogP) is 4.44. The van der Waals surface area contributed by atoms with Crippen LogP contribution in [0.4, 0.5) is 5.82 Å². The molecular weight excluding hydrogens is 407 g/mol. The van der Waals surface area contributed by atoms with Crippen LogP contribution in [0.25, 0.3) is 22.6 Å². The zero-order chi connectivity index (χ0) is 20.8. The van der Waals surface area contributed by atoms with E-state index in [2.05, 4.69) is 64.7 Å². The molecule has 1 saturated heterocycles. The molecule has 0 N–H and O–H groups in total. The molecule has 0 radical (unpaired) electrons. The van der Waals surface area contributed by atoms with E-state index in [-0.39, 0.29) is 10.6 Å². The monoisotopic (exact) mass is 430 g/mol. The first kappa shape index (κ1) is 20.3. The average Bonchev–Trinajstić information content (AvgIpc) is 2.68. The lowest BCUT2D eigenvalue weighted by Gasteiger charge is -2.33. The highest BCUT2D eigenvalue weighted by Gasteiger charge is 2.21. The molecule has 0 saturated carbocycles. The van der Waals surface area contributed by atoms with E-state index in [4.69, 9.17) is 28.2 Å². The maximum absolute atomic E-state index is 6.42. The molecule has 152 valence electrons. The Kier molecular flexibility index (Phi) is 5.36. The van der Waals surface area contributed by atoms with Crippen LogP contribution in [0.5, 0.6) is 0 Å². The summed E-state index contributed by atoms with van der Waals surface area (Å²) < 4.78 is 0. The van der Waals surface area contributed by atoms with E-state index in [0.29, 0.717) is 28.0 Å². The highest BCUT2D eigenvalue weighted by atomic mass is 35.5. The molecule has 0 bridgehead atoms. The molecule has 1 aliphatic heterocycles. The Morgan fingerprint density at radius 2 is 1.48 bits per heavy atom. The van der Waals surface area contributed by atoms with Gasteiger partial charge in [-0.1, -0.05) is 68.2 Å². The van der Waals surface area contributed by atoms with Crippen molar-refractivity contribution in [3.8, 4) is 11.4 Å². The number of halogens is 2. The third-order valence-corrected chi connectivity index (χ3v) is 5.76. The van der Waals surface area contributed by atoms with E-state index in [1.54, 1.807) is 0 Å². The second kappa shape index (κ2) is 7.67. The van der Waals surface area contributed by atoms with Crippen molar-refractivity contribution in [3.05, 3.63) is 40.1 Å². The molecular formula is C21H24Cl2N6. The summed E-state index contributed by atoms with van der Waals surface area (Å²) in [6, 6.07) is 8.23. The van der Waals surface area contributed by atoms with E-state index in [1.165, 1.54) is 5.56 Å². The Morgan fingerprint density at radius 1 is 0.828 bits per heavy atom. The van der Waals surface area contributed by atoms with Gasteiger partial charge in [0.25, 0.3) is 0 Å². The van der Waals surface area contributed by atoms with Crippen molar-refractivity contribution in [2.24, 2.45) is 0 Å². The Bertz CT molecular complexity index is 1040. The number of hydrogen-bond donors (Lipinski definition) is 0. The van der Waals surface area contributed by atoms with Crippen molar-refractivity contribution >= 4 is 40.2 Å². The minimum Gasteiger partial charge on any atom is -0.351 e. The molecule has 6 nitrogen and oxygen atoms in total. The van der Waals surface area contributed by atoms with E-state index in [0.717, 1.165) is 31.7 Å². The van der Waals surface area contributed by atoms with Crippen LogP contribution in [-0.2, 0) is 5.41 Å². The highest BCUT2D eigenvalue weighted by molar-refractivity contribution is 6.35. The van der Waals surface area contributed by atoms with Crippen molar-refractivity contribution < 1.29 is 0 Å². The lowest BCUT2D eigenvalue weighted by Crippen LogP contribution is -2.45. The molecule has 3 heterocycles. The molecule has 29 heavy (non-hydrogen) atoms. The van der Waals surface area contributed by atoms with Crippen LogP contribution in [0.1, 0.15) is 26.3 Å². The second-order valence-electron chi connectivity index (χ2n) is 8.47. The number of anilines is 1. The van der Waals surface area contributed by atoms with Crippen LogP contribution in [0.3, 0.4) is 0 Å². The fourth-order valence-corrected chi connectivity index (χ4v) is 3.81. The van der Waals surface area contributed by atoms with Gasteiger partial charge in [0.2, 0.25) is 0 Å². The first-order chi connectivity index (χ1) is 13.7. The number of hydrogen-bond acceptors (Lipinski definition) is 6. The number of nitrogens with zero attached hydrogens (tertiary/aromatic N) is 6. The topological polar surface area (TPSA) is 58.0 Å². The summed E-state index contributed by atoms with van der Waals surface area (Å²) in [6.07, 6.45) is 0. The lowest BCUT2D eigenvalue weighted by atomic mass is 9.87. The summed E-state index contributed by atoms with van der Waals surface area (Å²) in [7, 11) is 2.11. The first-order valence-electron chi connectivity index (χ1n) is 9.67. The third-order valence-electron chi connectivity index (χ3n) is 5.24.